The van der Waals surface area contributed by atoms with Crippen LogP contribution >= 0.6 is 11.6 Å². The number of nitrogens with two attached hydrogens (primary N) is 1. The highest BCUT2D eigenvalue weighted by Gasteiger charge is 2.16. The molecule has 3 N–H and O–H groups in total. The molecule has 1 aromatic carbocycles. The fourth-order valence-electron chi connectivity index (χ4n) is 2.18. The van der Waals surface area contributed by atoms with Crippen LogP contribution in [0.1, 0.15) is 30.0 Å². The monoisotopic (exact) mass is 328 g/mol. The number of hydrogen-bond acceptors (Lipinski definition) is 4. The highest BCUT2D eigenvalue weighted by atomic mass is 35.5. The van der Waals surface area contributed by atoms with Crippen molar-refractivity contribution in [3.05, 3.63) is 46.4 Å². The van der Waals surface area contributed by atoms with Crippen LogP contribution in [0.5, 0.6) is 0 Å². The fraction of sp³-hybridized carbons (Fsp3) is 0.286. The smallest absolute Gasteiger partial charge is 0.238 e. The van der Waals surface area contributed by atoms with Gasteiger partial charge in [0.05, 0.1) is 21.6 Å². The number of aryl methyl sites for hydroxylation is 2. The summed E-state index contributed by atoms with van der Waals surface area (Å²) in [6.45, 7) is 5.69. The van der Waals surface area contributed by atoms with Crippen molar-refractivity contribution >= 4 is 27.3 Å². The Kier molecular flexibility index (Phi) is 4.32. The first-order valence-corrected chi connectivity index (χ1v) is 8.26. The van der Waals surface area contributed by atoms with Crippen LogP contribution in [-0.2, 0) is 10.0 Å². The molecule has 0 spiro atoms. The Bertz CT molecular complexity index is 769. The van der Waals surface area contributed by atoms with Crippen LogP contribution < -0.4 is 10.5 Å². The van der Waals surface area contributed by atoms with Crippen LogP contribution in [0.15, 0.2) is 33.6 Å². The predicted octanol–water partition coefficient (Wildman–Crippen LogP) is 3.37. The molecular formula is C14H17ClN2O3S. The molecule has 1 atom stereocenters. The van der Waals surface area contributed by atoms with Gasteiger partial charge in [-0.15, -0.1) is 0 Å². The SMILES string of the molecule is Cc1cc(C(C)Nc2cc(S(N)(=O)=O)ccc2Cl)c(C)o1. The van der Waals surface area contributed by atoms with Crippen LogP contribution in [0.3, 0.4) is 0 Å². The number of nitrogens with one attached hydrogen (secondary N) is 1. The third-order valence-electron chi connectivity index (χ3n) is 3.18. The molecule has 21 heavy (non-hydrogen) atoms. The Balaban J connectivity index is 2.33. The topological polar surface area (TPSA) is 85.3 Å². The van der Waals surface area contributed by atoms with Gasteiger partial charge in [-0.3, -0.25) is 0 Å². The highest BCUT2D eigenvalue weighted by molar-refractivity contribution is 7.89. The zero-order chi connectivity index (χ0) is 15.8. The molecule has 0 amide bonds. The molecule has 0 radical (unpaired) electrons. The van der Waals surface area contributed by atoms with E-state index in [0.717, 1.165) is 17.1 Å². The quantitative estimate of drug-likeness (QED) is 0.901. The molecule has 0 aliphatic heterocycles. The Hall–Kier alpha value is -1.50. The predicted molar refractivity (Wildman–Crippen MR) is 83.0 cm³/mol. The van der Waals surface area contributed by atoms with Gasteiger partial charge in [0, 0.05) is 5.56 Å². The van der Waals surface area contributed by atoms with E-state index in [4.69, 9.17) is 21.2 Å². The van der Waals surface area contributed by atoms with Gasteiger partial charge in [-0.2, -0.15) is 0 Å². The van der Waals surface area contributed by atoms with Crippen LogP contribution in [0.2, 0.25) is 5.02 Å². The van der Waals surface area contributed by atoms with Gasteiger partial charge >= 0.3 is 0 Å². The van der Waals surface area contributed by atoms with Gasteiger partial charge in [0.2, 0.25) is 10.0 Å². The van der Waals surface area contributed by atoms with Crippen molar-refractivity contribution in [1.82, 2.24) is 0 Å². The number of hydrogen-bond donors (Lipinski definition) is 2. The molecule has 2 rings (SSSR count). The molecule has 7 heteroatoms. The summed E-state index contributed by atoms with van der Waals surface area (Å²) in [5, 5.41) is 8.74. The maximum Gasteiger partial charge on any atom is 0.238 e. The standard InChI is InChI=1S/C14H17ClN2O3S/c1-8-6-12(10(3)20-8)9(2)17-14-7-11(21(16,18)19)4-5-13(14)15/h4-7,9,17H,1-3H3,(H2,16,18,19). The molecule has 2 aromatic rings. The number of halogens is 1. The van der Waals surface area contributed by atoms with Gasteiger partial charge in [-0.05, 0) is 45.0 Å². The first-order valence-electron chi connectivity index (χ1n) is 6.34. The van der Waals surface area contributed by atoms with Crippen molar-refractivity contribution in [2.45, 2.75) is 31.7 Å². The maximum atomic E-state index is 11.4. The third-order valence-corrected chi connectivity index (χ3v) is 4.42. The number of anilines is 1. The van der Waals surface area contributed by atoms with Crippen LogP contribution in [0.25, 0.3) is 0 Å². The Labute approximate surface area is 129 Å². The molecule has 1 aromatic heterocycles. The summed E-state index contributed by atoms with van der Waals surface area (Å²) < 4.78 is 28.3. The second-order valence-electron chi connectivity index (χ2n) is 4.92. The summed E-state index contributed by atoms with van der Waals surface area (Å²) in [6.07, 6.45) is 0. The summed E-state index contributed by atoms with van der Waals surface area (Å²) in [4.78, 5) is 0.0155. The molecule has 1 unspecified atom stereocenters. The van der Waals surface area contributed by atoms with E-state index in [2.05, 4.69) is 5.32 Å². The van der Waals surface area contributed by atoms with Crippen LogP contribution in [0, 0.1) is 13.8 Å². The van der Waals surface area contributed by atoms with Crippen molar-refractivity contribution in [2.24, 2.45) is 5.14 Å². The lowest BCUT2D eigenvalue weighted by Gasteiger charge is -2.16. The number of sulfonamides is 1. The number of primary sulfonamides is 1. The number of benzene rings is 1. The fourth-order valence-corrected chi connectivity index (χ4v) is 2.90. The average molecular weight is 329 g/mol. The first kappa shape index (κ1) is 15.9. The summed E-state index contributed by atoms with van der Waals surface area (Å²) in [5.74, 6) is 1.63. The van der Waals surface area contributed by atoms with Gasteiger partial charge in [0.15, 0.2) is 0 Å². The van der Waals surface area contributed by atoms with E-state index in [1.807, 2.05) is 26.8 Å². The average Bonchev–Trinajstić information content (AvgIpc) is 2.70. The Morgan fingerprint density at radius 3 is 2.48 bits per heavy atom. The molecule has 5 nitrogen and oxygen atoms in total. The lowest BCUT2D eigenvalue weighted by Crippen LogP contribution is -2.13. The van der Waals surface area contributed by atoms with Crippen molar-refractivity contribution in [3.63, 3.8) is 0 Å². The minimum atomic E-state index is -3.76. The minimum Gasteiger partial charge on any atom is -0.466 e. The number of furan rings is 1. The molecule has 1 heterocycles. The number of rotatable bonds is 4. The zero-order valence-electron chi connectivity index (χ0n) is 12.0. The molecule has 114 valence electrons. The van der Waals surface area contributed by atoms with Crippen molar-refractivity contribution in [1.29, 1.82) is 0 Å². The van der Waals surface area contributed by atoms with Crippen molar-refractivity contribution in [2.75, 3.05) is 5.32 Å². The van der Waals surface area contributed by atoms with E-state index >= 15 is 0 Å². The first-order chi connectivity index (χ1) is 9.68. The van der Waals surface area contributed by atoms with Crippen LogP contribution in [0.4, 0.5) is 5.69 Å². The van der Waals surface area contributed by atoms with E-state index in [0.29, 0.717) is 10.7 Å². The minimum absolute atomic E-state index is 0.0155. The molecule has 0 saturated heterocycles. The third kappa shape index (κ3) is 3.58. The van der Waals surface area contributed by atoms with Gasteiger partial charge in [0.1, 0.15) is 11.5 Å². The van der Waals surface area contributed by atoms with E-state index in [9.17, 15) is 8.42 Å². The second kappa shape index (κ2) is 5.71. The van der Waals surface area contributed by atoms with Gasteiger partial charge in [0.25, 0.3) is 0 Å². The van der Waals surface area contributed by atoms with E-state index in [1.54, 1.807) is 0 Å². The Morgan fingerprint density at radius 1 is 1.29 bits per heavy atom. The molecule has 0 aliphatic rings. The van der Waals surface area contributed by atoms with Gasteiger partial charge in [-0.25, -0.2) is 13.6 Å². The molecule has 0 aliphatic carbocycles. The lowest BCUT2D eigenvalue weighted by atomic mass is 10.1. The molecular weight excluding hydrogens is 312 g/mol. The van der Waals surface area contributed by atoms with Crippen molar-refractivity contribution in [3.8, 4) is 0 Å². The largest absolute Gasteiger partial charge is 0.466 e. The summed E-state index contributed by atoms with van der Waals surface area (Å²) in [7, 11) is -3.76. The molecule has 0 fully saturated rings. The van der Waals surface area contributed by atoms with E-state index in [1.165, 1.54) is 18.2 Å². The van der Waals surface area contributed by atoms with Gasteiger partial charge in [-0.1, -0.05) is 11.6 Å². The van der Waals surface area contributed by atoms with E-state index in [-0.39, 0.29) is 10.9 Å². The Morgan fingerprint density at radius 2 is 1.95 bits per heavy atom. The second-order valence-corrected chi connectivity index (χ2v) is 6.89. The highest BCUT2D eigenvalue weighted by Crippen LogP contribution is 2.30. The normalized spacial score (nSPS) is 13.2. The van der Waals surface area contributed by atoms with Crippen molar-refractivity contribution < 1.29 is 12.8 Å². The van der Waals surface area contributed by atoms with Gasteiger partial charge < -0.3 is 9.73 Å². The summed E-state index contributed by atoms with van der Waals surface area (Å²) >= 11 is 6.10. The molecule has 0 saturated carbocycles. The zero-order valence-corrected chi connectivity index (χ0v) is 13.5. The summed E-state index contributed by atoms with van der Waals surface area (Å²) in [6, 6.07) is 6.15. The van der Waals surface area contributed by atoms with E-state index < -0.39 is 10.0 Å². The summed E-state index contributed by atoms with van der Waals surface area (Å²) in [5.41, 5.74) is 1.50. The van der Waals surface area contributed by atoms with Crippen LogP contribution in [-0.4, -0.2) is 8.42 Å². The molecule has 0 bridgehead atoms. The lowest BCUT2D eigenvalue weighted by molar-refractivity contribution is 0.500. The maximum absolute atomic E-state index is 11.4.